The number of alkyl halides is 4. The van der Waals surface area contributed by atoms with E-state index in [1.807, 2.05) is 48.6 Å². The predicted octanol–water partition coefficient (Wildman–Crippen LogP) is 6.91. The van der Waals surface area contributed by atoms with Crippen LogP contribution in [0.5, 0.6) is 0 Å². The third-order valence-corrected chi connectivity index (χ3v) is 8.59. The summed E-state index contributed by atoms with van der Waals surface area (Å²) >= 11 is 23.7. The smallest absolute Gasteiger partial charge is 0.243 e. The molecule has 0 radical (unpaired) electrons. The third-order valence-electron chi connectivity index (χ3n) is 5.36. The monoisotopic (exact) mass is 526 g/mol. The quantitative estimate of drug-likeness (QED) is 0.122. The Morgan fingerprint density at radius 3 is 1.81 bits per heavy atom. The summed E-state index contributed by atoms with van der Waals surface area (Å²) in [6.07, 6.45) is 4.94. The van der Waals surface area contributed by atoms with Crippen LogP contribution in [-0.4, -0.2) is 29.6 Å². The van der Waals surface area contributed by atoms with Crippen molar-refractivity contribution in [1.82, 2.24) is 9.29 Å². The number of benzene rings is 2. The number of allylic oxidation sites excluding steroid dienone is 2. The topological polar surface area (TPSA) is 50.3 Å². The molecule has 2 aromatic carbocycles. The number of aromatic nitrogens is 1. The highest BCUT2D eigenvalue weighted by Crippen LogP contribution is 2.48. The van der Waals surface area contributed by atoms with E-state index < -0.39 is 8.50 Å². The standard InChI is InChI=1S/C13H9N.C10H9Cl4NO2S/c1-3-7-12-10(5-1)9-11-6-2-4-8-13(11)14-12;11-9(12)10(13,14)18-15-7(16)5-3-1-2-4-6(5)8(15)17/h1-9H;1-2,5-6,9H,3-4H2. The normalized spacial score (nSPS) is 20.6. The van der Waals surface area contributed by atoms with E-state index in [4.69, 9.17) is 46.4 Å². The number of para-hydroxylation sites is 2. The summed E-state index contributed by atoms with van der Waals surface area (Å²) in [6.45, 7) is 0. The van der Waals surface area contributed by atoms with Crippen molar-refractivity contribution in [3.63, 3.8) is 0 Å². The number of halogens is 4. The van der Waals surface area contributed by atoms with Crippen LogP contribution >= 0.6 is 58.4 Å². The molecule has 1 fully saturated rings. The van der Waals surface area contributed by atoms with Gasteiger partial charge in [-0.05, 0) is 31.0 Å². The number of pyridine rings is 1. The van der Waals surface area contributed by atoms with E-state index in [0.29, 0.717) is 24.8 Å². The molecule has 4 nitrogen and oxygen atoms in total. The fourth-order valence-electron chi connectivity index (χ4n) is 3.74. The van der Waals surface area contributed by atoms with Crippen molar-refractivity contribution in [3.8, 4) is 0 Å². The van der Waals surface area contributed by atoms with Gasteiger partial charge in [0.25, 0.3) is 0 Å². The zero-order valence-electron chi connectivity index (χ0n) is 16.6. The Balaban J connectivity index is 0.000000157. The van der Waals surface area contributed by atoms with Gasteiger partial charge in [-0.3, -0.25) is 9.59 Å². The first-order chi connectivity index (χ1) is 15.3. The van der Waals surface area contributed by atoms with Gasteiger partial charge in [0, 0.05) is 22.7 Å². The van der Waals surface area contributed by atoms with Gasteiger partial charge in [-0.15, -0.1) is 23.2 Å². The molecular weight excluding hydrogens is 510 g/mol. The van der Waals surface area contributed by atoms with Crippen LogP contribution in [0.2, 0.25) is 0 Å². The number of nitrogens with zero attached hydrogens (tertiary/aromatic N) is 2. The predicted molar refractivity (Wildman–Crippen MR) is 134 cm³/mol. The number of fused-ring (bicyclic) bond motifs is 3. The van der Waals surface area contributed by atoms with Gasteiger partial charge in [0.05, 0.1) is 22.9 Å². The molecule has 2 aliphatic rings. The lowest BCUT2D eigenvalue weighted by molar-refractivity contribution is -0.133. The van der Waals surface area contributed by atoms with Gasteiger partial charge in [0.15, 0.2) is 4.84 Å². The maximum Gasteiger partial charge on any atom is 0.243 e. The molecule has 0 saturated carbocycles. The second kappa shape index (κ2) is 9.78. The lowest BCUT2D eigenvalue weighted by atomic mass is 9.85. The summed E-state index contributed by atoms with van der Waals surface area (Å²) < 4.78 is -0.630. The zero-order valence-corrected chi connectivity index (χ0v) is 20.5. The molecule has 2 heterocycles. The molecule has 0 bridgehead atoms. The molecule has 1 saturated heterocycles. The van der Waals surface area contributed by atoms with Crippen molar-refractivity contribution in [1.29, 1.82) is 0 Å². The summed E-state index contributed by atoms with van der Waals surface area (Å²) in [4.78, 5) is 27.7. The van der Waals surface area contributed by atoms with Gasteiger partial charge in [-0.25, -0.2) is 9.29 Å². The number of rotatable bonds is 3. The second-order valence-electron chi connectivity index (χ2n) is 7.45. The van der Waals surface area contributed by atoms with Gasteiger partial charge in [0.2, 0.25) is 15.5 Å². The number of imide groups is 1. The molecule has 2 amide bonds. The Labute approximate surface area is 210 Å². The largest absolute Gasteiger partial charge is 0.273 e. The van der Waals surface area contributed by atoms with Gasteiger partial charge in [0.1, 0.15) is 0 Å². The van der Waals surface area contributed by atoms with Crippen molar-refractivity contribution >= 4 is 92.0 Å². The van der Waals surface area contributed by atoms with E-state index in [2.05, 4.69) is 23.2 Å². The van der Waals surface area contributed by atoms with E-state index in [0.717, 1.165) is 15.3 Å². The van der Waals surface area contributed by atoms with E-state index in [-0.39, 0.29) is 23.7 Å². The Morgan fingerprint density at radius 1 is 0.875 bits per heavy atom. The van der Waals surface area contributed by atoms with Gasteiger partial charge >= 0.3 is 0 Å². The third kappa shape index (κ3) is 4.87. The highest BCUT2D eigenvalue weighted by molar-refractivity contribution is 8.02. The minimum absolute atomic E-state index is 0.279. The molecule has 0 spiro atoms. The molecule has 1 aromatic heterocycles. The zero-order chi connectivity index (χ0) is 22.9. The van der Waals surface area contributed by atoms with Crippen molar-refractivity contribution < 1.29 is 9.59 Å². The van der Waals surface area contributed by atoms with E-state index in [1.54, 1.807) is 0 Å². The highest BCUT2D eigenvalue weighted by Gasteiger charge is 2.51. The van der Waals surface area contributed by atoms with E-state index in [1.165, 1.54) is 10.8 Å². The van der Waals surface area contributed by atoms with E-state index in [9.17, 15) is 9.59 Å². The first-order valence-electron chi connectivity index (χ1n) is 9.90. The molecule has 166 valence electrons. The summed E-state index contributed by atoms with van der Waals surface area (Å²) in [5.74, 6) is -1.19. The maximum atomic E-state index is 12.1. The average molecular weight is 528 g/mol. The van der Waals surface area contributed by atoms with Crippen LogP contribution in [0.4, 0.5) is 0 Å². The van der Waals surface area contributed by atoms with E-state index >= 15 is 0 Å². The fraction of sp³-hybridized carbons (Fsp3) is 0.261. The first-order valence-corrected chi connectivity index (χ1v) is 12.3. The van der Waals surface area contributed by atoms with Gasteiger partial charge in [-0.2, -0.15) is 0 Å². The van der Waals surface area contributed by atoms with Crippen LogP contribution in [0.15, 0.2) is 66.7 Å². The molecule has 1 aliphatic heterocycles. The molecule has 2 unspecified atom stereocenters. The minimum atomic E-state index is -1.63. The number of carbonyl (C=O) groups excluding carboxylic acids is 2. The van der Waals surface area contributed by atoms with Crippen LogP contribution in [0.1, 0.15) is 12.8 Å². The van der Waals surface area contributed by atoms with Crippen LogP contribution in [0.3, 0.4) is 0 Å². The van der Waals surface area contributed by atoms with Crippen molar-refractivity contribution in [2.45, 2.75) is 21.3 Å². The summed E-state index contributed by atoms with van der Waals surface area (Å²) in [6, 6.07) is 18.6. The van der Waals surface area contributed by atoms with Crippen LogP contribution in [-0.2, 0) is 9.59 Å². The average Bonchev–Trinajstić information content (AvgIpc) is 3.03. The van der Waals surface area contributed by atoms with Crippen LogP contribution < -0.4 is 0 Å². The van der Waals surface area contributed by atoms with Gasteiger partial charge < -0.3 is 0 Å². The first kappa shape index (κ1) is 23.7. The fourth-order valence-corrected chi connectivity index (χ4v) is 5.17. The molecule has 32 heavy (non-hydrogen) atoms. The van der Waals surface area contributed by atoms with Crippen molar-refractivity contribution in [3.05, 3.63) is 66.7 Å². The number of hydrogen-bond acceptors (Lipinski definition) is 4. The number of amides is 2. The Kier molecular flexibility index (Phi) is 7.23. The van der Waals surface area contributed by atoms with Crippen LogP contribution in [0, 0.1) is 11.8 Å². The Morgan fingerprint density at radius 2 is 1.34 bits per heavy atom. The van der Waals surface area contributed by atoms with Crippen molar-refractivity contribution in [2.75, 3.05) is 0 Å². The molecule has 5 rings (SSSR count). The highest BCUT2D eigenvalue weighted by atomic mass is 35.5. The maximum absolute atomic E-state index is 12.1. The lowest BCUT2D eigenvalue weighted by Crippen LogP contribution is -2.31. The number of carbonyl (C=O) groups is 2. The SMILES string of the molecule is O=C1C2CC=CCC2C(=O)N1SC(Cl)(Cl)C(Cl)Cl.c1ccc2nc3ccccc3cc2c1. The Bertz CT molecular complexity index is 1070. The minimum Gasteiger partial charge on any atom is -0.273 e. The summed E-state index contributed by atoms with van der Waals surface area (Å²) in [5.41, 5.74) is 2.12. The summed E-state index contributed by atoms with van der Waals surface area (Å²) in [5, 5.41) is 2.40. The lowest BCUT2D eigenvalue weighted by Gasteiger charge is -2.24. The molecule has 0 N–H and O–H groups in total. The number of hydrogen-bond donors (Lipinski definition) is 0. The van der Waals surface area contributed by atoms with Crippen LogP contribution in [0.25, 0.3) is 21.8 Å². The molecule has 3 aromatic rings. The summed E-state index contributed by atoms with van der Waals surface area (Å²) in [7, 11) is 0. The molecule has 9 heteroatoms. The molecule has 1 aliphatic carbocycles. The van der Waals surface area contributed by atoms with Gasteiger partial charge in [-0.1, -0.05) is 71.8 Å². The van der Waals surface area contributed by atoms with Crippen molar-refractivity contribution in [2.24, 2.45) is 11.8 Å². The molecule has 2 atom stereocenters. The second-order valence-corrected chi connectivity index (χ2v) is 11.6. The molecular formula is C23H18Cl4N2O2S. The Hall–Kier alpha value is -1.50.